The van der Waals surface area contributed by atoms with Crippen molar-refractivity contribution in [3.05, 3.63) is 30.5 Å². The van der Waals surface area contributed by atoms with E-state index in [1.54, 1.807) is 18.9 Å². The molecule has 0 radical (unpaired) electrons. The Balaban J connectivity index is 1.94. The summed E-state index contributed by atoms with van der Waals surface area (Å²) in [6, 6.07) is 7.74. The summed E-state index contributed by atoms with van der Waals surface area (Å²) in [6.45, 7) is 0.582. The summed E-state index contributed by atoms with van der Waals surface area (Å²) in [5.74, 6) is 1.73. The molecule has 0 fully saturated rings. The molecule has 2 N–H and O–H groups in total. The predicted molar refractivity (Wildman–Crippen MR) is 95.1 cm³/mol. The number of hydrogen-bond acceptors (Lipinski definition) is 4. The van der Waals surface area contributed by atoms with Crippen LogP contribution in [-0.4, -0.2) is 47.3 Å². The number of rotatable bonds is 9. The second-order valence-electron chi connectivity index (χ2n) is 5.38. The molecule has 5 nitrogen and oxygen atoms in total. The lowest BCUT2D eigenvalue weighted by Crippen LogP contribution is -2.38. The summed E-state index contributed by atoms with van der Waals surface area (Å²) in [6.07, 6.45) is 5.16. The summed E-state index contributed by atoms with van der Waals surface area (Å²) >= 11 is 1.71. The lowest BCUT2D eigenvalue weighted by Gasteiger charge is -2.16. The molecule has 2 rings (SSSR count). The van der Waals surface area contributed by atoms with Gasteiger partial charge in [0.15, 0.2) is 0 Å². The van der Waals surface area contributed by atoms with E-state index >= 15 is 0 Å². The minimum atomic E-state index is -0.156. The molecule has 0 aliphatic rings. The van der Waals surface area contributed by atoms with E-state index in [0.717, 1.165) is 28.8 Å². The molecular weight excluding hydrogens is 312 g/mol. The number of amides is 1. The smallest absolute Gasteiger partial charge is 0.222 e. The van der Waals surface area contributed by atoms with Crippen LogP contribution >= 0.6 is 11.8 Å². The molecule has 0 saturated carbocycles. The number of aromatic nitrogens is 1. The highest BCUT2D eigenvalue weighted by atomic mass is 32.2. The molecule has 1 aromatic heterocycles. The molecule has 23 heavy (non-hydrogen) atoms. The Morgan fingerprint density at radius 3 is 2.96 bits per heavy atom. The molecule has 126 valence electrons. The molecule has 1 heterocycles. The Hall–Kier alpha value is -1.66. The van der Waals surface area contributed by atoms with Crippen LogP contribution < -0.4 is 10.1 Å². The number of fused-ring (bicyclic) bond motifs is 1. The topological polar surface area (TPSA) is 63.5 Å². The minimum absolute atomic E-state index is 0.0179. The Morgan fingerprint density at radius 1 is 1.43 bits per heavy atom. The number of aliphatic hydroxyl groups is 1. The predicted octanol–water partition coefficient (Wildman–Crippen LogP) is 2.27. The number of nitrogens with one attached hydrogen (secondary N) is 1. The van der Waals surface area contributed by atoms with Gasteiger partial charge in [-0.05, 0) is 36.6 Å². The molecule has 0 unspecified atom stereocenters. The number of carbonyl (C=O) groups excluding carboxylic acids is 1. The van der Waals surface area contributed by atoms with Crippen LogP contribution in [0.25, 0.3) is 10.9 Å². The van der Waals surface area contributed by atoms with E-state index in [1.807, 2.05) is 41.3 Å². The number of carbonyl (C=O) groups is 1. The van der Waals surface area contributed by atoms with Gasteiger partial charge in [0.05, 0.1) is 25.3 Å². The zero-order valence-corrected chi connectivity index (χ0v) is 14.4. The molecule has 0 saturated heterocycles. The largest absolute Gasteiger partial charge is 0.496 e. The van der Waals surface area contributed by atoms with Gasteiger partial charge < -0.3 is 19.7 Å². The van der Waals surface area contributed by atoms with Gasteiger partial charge in [0.2, 0.25) is 5.91 Å². The Labute approximate surface area is 141 Å². The summed E-state index contributed by atoms with van der Waals surface area (Å²) in [7, 11) is 1.66. The van der Waals surface area contributed by atoms with Gasteiger partial charge in [-0.1, -0.05) is 6.07 Å². The second-order valence-corrected chi connectivity index (χ2v) is 6.37. The Morgan fingerprint density at radius 2 is 2.26 bits per heavy atom. The lowest BCUT2D eigenvalue weighted by atomic mass is 10.2. The van der Waals surface area contributed by atoms with Gasteiger partial charge in [0.1, 0.15) is 5.75 Å². The van der Waals surface area contributed by atoms with E-state index in [2.05, 4.69) is 5.32 Å². The zero-order valence-electron chi connectivity index (χ0n) is 13.6. The van der Waals surface area contributed by atoms with Crippen molar-refractivity contribution in [3.8, 4) is 5.75 Å². The zero-order chi connectivity index (χ0) is 16.7. The Bertz CT molecular complexity index is 642. The van der Waals surface area contributed by atoms with Crippen molar-refractivity contribution < 1.29 is 14.6 Å². The molecule has 0 aliphatic carbocycles. The number of aliphatic hydroxyl groups excluding tert-OH is 1. The van der Waals surface area contributed by atoms with Crippen LogP contribution in [0.5, 0.6) is 5.75 Å². The molecule has 1 amide bonds. The third-order valence-corrected chi connectivity index (χ3v) is 4.47. The first kappa shape index (κ1) is 17.7. The van der Waals surface area contributed by atoms with Gasteiger partial charge >= 0.3 is 0 Å². The first-order valence-electron chi connectivity index (χ1n) is 7.70. The van der Waals surface area contributed by atoms with Crippen LogP contribution in [-0.2, 0) is 11.3 Å². The first-order chi connectivity index (χ1) is 11.2. The monoisotopic (exact) mass is 336 g/mol. The maximum Gasteiger partial charge on any atom is 0.222 e. The standard InChI is InChI=1S/C17H24N2O3S/c1-22-16-5-3-4-15-14(16)6-9-19(15)10-7-17(21)18-13(12-20)8-11-23-2/h3-6,9,13,20H,7-8,10-12H2,1-2H3,(H,18,21)/t13-/m1/s1. The number of benzene rings is 1. The number of nitrogens with zero attached hydrogens (tertiary/aromatic N) is 1. The molecule has 0 bridgehead atoms. The summed E-state index contributed by atoms with van der Waals surface area (Å²) in [5, 5.41) is 13.2. The SMILES string of the molecule is COc1cccc2c1ccn2CCC(=O)N[C@@H](CO)CCSC. The maximum atomic E-state index is 12.1. The molecular formula is C17H24N2O3S. The number of aryl methyl sites for hydroxylation is 1. The normalized spacial score (nSPS) is 12.3. The van der Waals surface area contributed by atoms with Gasteiger partial charge in [-0.2, -0.15) is 11.8 Å². The average Bonchev–Trinajstić information content (AvgIpc) is 2.99. The summed E-state index contributed by atoms with van der Waals surface area (Å²) in [4.78, 5) is 12.1. The number of hydrogen-bond donors (Lipinski definition) is 2. The van der Waals surface area contributed by atoms with Crippen molar-refractivity contribution in [3.63, 3.8) is 0 Å². The fourth-order valence-electron chi connectivity index (χ4n) is 2.56. The average molecular weight is 336 g/mol. The summed E-state index contributed by atoms with van der Waals surface area (Å²) < 4.78 is 7.40. The van der Waals surface area contributed by atoms with E-state index in [0.29, 0.717) is 13.0 Å². The van der Waals surface area contributed by atoms with Crippen LogP contribution in [0, 0.1) is 0 Å². The highest BCUT2D eigenvalue weighted by Crippen LogP contribution is 2.26. The third-order valence-electron chi connectivity index (χ3n) is 3.83. The van der Waals surface area contributed by atoms with E-state index in [1.165, 1.54) is 0 Å². The van der Waals surface area contributed by atoms with Crippen LogP contribution in [0.4, 0.5) is 0 Å². The van der Waals surface area contributed by atoms with Gasteiger partial charge in [-0.15, -0.1) is 0 Å². The van der Waals surface area contributed by atoms with E-state index in [-0.39, 0.29) is 18.6 Å². The van der Waals surface area contributed by atoms with Crippen molar-refractivity contribution in [2.75, 3.05) is 25.7 Å². The van der Waals surface area contributed by atoms with Gasteiger partial charge in [0.25, 0.3) is 0 Å². The molecule has 6 heteroatoms. The maximum absolute atomic E-state index is 12.1. The van der Waals surface area contributed by atoms with Crippen molar-refractivity contribution in [1.82, 2.24) is 9.88 Å². The molecule has 2 aromatic rings. The van der Waals surface area contributed by atoms with Crippen molar-refractivity contribution in [2.24, 2.45) is 0 Å². The van der Waals surface area contributed by atoms with Crippen LogP contribution in [0.1, 0.15) is 12.8 Å². The lowest BCUT2D eigenvalue weighted by molar-refractivity contribution is -0.122. The Kier molecular flexibility index (Phi) is 6.80. The molecule has 1 atom stereocenters. The molecule has 0 aliphatic heterocycles. The van der Waals surface area contributed by atoms with Crippen LogP contribution in [0.15, 0.2) is 30.5 Å². The van der Waals surface area contributed by atoms with Crippen molar-refractivity contribution in [2.45, 2.75) is 25.4 Å². The highest BCUT2D eigenvalue weighted by molar-refractivity contribution is 7.98. The number of ether oxygens (including phenoxy) is 1. The van der Waals surface area contributed by atoms with E-state index in [9.17, 15) is 9.90 Å². The van der Waals surface area contributed by atoms with Crippen molar-refractivity contribution in [1.29, 1.82) is 0 Å². The van der Waals surface area contributed by atoms with E-state index in [4.69, 9.17) is 4.74 Å². The first-order valence-corrected chi connectivity index (χ1v) is 9.10. The third kappa shape index (κ3) is 4.65. The van der Waals surface area contributed by atoms with Crippen LogP contribution in [0.3, 0.4) is 0 Å². The van der Waals surface area contributed by atoms with Gasteiger partial charge in [0, 0.05) is 24.5 Å². The van der Waals surface area contributed by atoms with Crippen molar-refractivity contribution >= 4 is 28.6 Å². The second kappa shape index (κ2) is 8.84. The molecule has 0 spiro atoms. The number of thioether (sulfide) groups is 1. The van der Waals surface area contributed by atoms with E-state index < -0.39 is 0 Å². The van der Waals surface area contributed by atoms with Gasteiger partial charge in [-0.25, -0.2) is 0 Å². The fourth-order valence-corrected chi connectivity index (χ4v) is 3.08. The summed E-state index contributed by atoms with van der Waals surface area (Å²) in [5.41, 5.74) is 1.05. The quantitative estimate of drug-likeness (QED) is 0.737. The number of methoxy groups -OCH3 is 1. The highest BCUT2D eigenvalue weighted by Gasteiger charge is 2.12. The minimum Gasteiger partial charge on any atom is -0.496 e. The fraction of sp³-hybridized carbons (Fsp3) is 0.471. The van der Waals surface area contributed by atoms with Gasteiger partial charge in [-0.3, -0.25) is 4.79 Å². The van der Waals surface area contributed by atoms with Crippen LogP contribution in [0.2, 0.25) is 0 Å². The molecule has 1 aromatic carbocycles.